The maximum atomic E-state index is 2.58. The summed E-state index contributed by atoms with van der Waals surface area (Å²) in [5.41, 5.74) is 16.3. The van der Waals surface area contributed by atoms with E-state index < -0.39 is 0 Å². The minimum atomic E-state index is -0.0525. The van der Waals surface area contributed by atoms with Crippen LogP contribution in [0.25, 0.3) is 66.1 Å². The zero-order chi connectivity index (χ0) is 29.5. The number of allylic oxidation sites excluding steroid dienone is 4. The molecule has 2 heteroatoms. The smallest absolute Gasteiger partial charge is 0.0582 e. The monoisotopic (exact) mass is 566 g/mol. The van der Waals surface area contributed by atoms with Gasteiger partial charge in [0.25, 0.3) is 0 Å². The summed E-state index contributed by atoms with van der Waals surface area (Å²) < 4.78 is 5.09. The largest absolute Gasteiger partial charge is 0.312 e. The van der Waals surface area contributed by atoms with Crippen LogP contribution in [0.1, 0.15) is 57.2 Å². The van der Waals surface area contributed by atoms with Crippen molar-refractivity contribution in [2.45, 2.75) is 51.4 Å². The number of rotatable bonds is 1. The van der Waals surface area contributed by atoms with Gasteiger partial charge in [0.05, 0.1) is 27.8 Å². The molecule has 0 saturated heterocycles. The van der Waals surface area contributed by atoms with Crippen molar-refractivity contribution in [2.75, 3.05) is 0 Å². The van der Waals surface area contributed by atoms with Crippen LogP contribution in [0, 0.1) is 0 Å². The van der Waals surface area contributed by atoms with E-state index in [1.54, 1.807) is 0 Å². The molecule has 0 spiro atoms. The van der Waals surface area contributed by atoms with Crippen molar-refractivity contribution in [3.8, 4) is 16.8 Å². The Morgan fingerprint density at radius 1 is 0.545 bits per heavy atom. The highest BCUT2D eigenvalue weighted by molar-refractivity contribution is 6.15. The second-order valence-electron chi connectivity index (χ2n) is 14.1. The molecule has 0 amide bonds. The summed E-state index contributed by atoms with van der Waals surface area (Å²) in [6.07, 6.45) is 6.93. The third-order valence-electron chi connectivity index (χ3n) is 11.2. The van der Waals surface area contributed by atoms with Crippen molar-refractivity contribution >= 4 is 49.3 Å². The second kappa shape index (κ2) is 8.01. The summed E-state index contributed by atoms with van der Waals surface area (Å²) in [5.74, 6) is 0. The molecule has 3 aliphatic rings. The van der Waals surface area contributed by atoms with Crippen LogP contribution in [0.2, 0.25) is 0 Å². The van der Waals surface area contributed by atoms with Crippen LogP contribution in [0.4, 0.5) is 0 Å². The average Bonchev–Trinajstić information content (AvgIpc) is 3.56. The van der Waals surface area contributed by atoms with Gasteiger partial charge in [-0.15, -0.1) is 0 Å². The fraction of sp³-hybridized carbons (Fsp3) is 0.190. The van der Waals surface area contributed by atoms with Crippen LogP contribution >= 0.6 is 0 Å². The molecule has 0 saturated carbocycles. The summed E-state index contributed by atoms with van der Waals surface area (Å²) in [5, 5.41) is 5.36. The zero-order valence-corrected chi connectivity index (χ0v) is 25.7. The maximum absolute atomic E-state index is 2.58. The van der Waals surface area contributed by atoms with E-state index in [-0.39, 0.29) is 10.8 Å². The molecule has 44 heavy (non-hydrogen) atoms. The topological polar surface area (TPSA) is 9.86 Å². The van der Waals surface area contributed by atoms with Crippen LogP contribution in [-0.4, -0.2) is 9.13 Å². The average molecular weight is 567 g/mol. The minimum absolute atomic E-state index is 0.00600. The molecule has 2 nitrogen and oxygen atoms in total. The number of hydrogen-bond donors (Lipinski definition) is 0. The number of hydrogen-bond acceptors (Lipinski definition) is 0. The normalized spacial score (nSPS) is 17.5. The molecule has 0 fully saturated rings. The highest BCUT2D eigenvalue weighted by atomic mass is 15.0. The first-order chi connectivity index (χ1) is 21.4. The molecule has 0 radical (unpaired) electrons. The molecule has 4 heterocycles. The Morgan fingerprint density at radius 2 is 1.14 bits per heavy atom. The van der Waals surface area contributed by atoms with E-state index in [0.717, 1.165) is 12.8 Å². The van der Waals surface area contributed by atoms with Gasteiger partial charge in [-0.25, -0.2) is 0 Å². The van der Waals surface area contributed by atoms with Crippen LogP contribution in [0.5, 0.6) is 0 Å². The van der Waals surface area contributed by atoms with Gasteiger partial charge in [-0.1, -0.05) is 107 Å². The van der Waals surface area contributed by atoms with Crippen molar-refractivity contribution in [2.24, 2.45) is 0 Å². The molecule has 1 aliphatic carbocycles. The van der Waals surface area contributed by atoms with Gasteiger partial charge in [0.1, 0.15) is 0 Å². The number of nitrogens with zero attached hydrogens (tertiary/aromatic N) is 2. The third kappa shape index (κ3) is 2.83. The Morgan fingerprint density at radius 3 is 1.84 bits per heavy atom. The Bertz CT molecular complexity index is 2490. The summed E-state index contributed by atoms with van der Waals surface area (Å²) >= 11 is 0. The predicted molar refractivity (Wildman–Crippen MR) is 186 cm³/mol. The number of aromatic nitrogens is 2. The molecule has 7 aromatic rings. The van der Waals surface area contributed by atoms with Crippen LogP contribution < -0.4 is 0 Å². The van der Waals surface area contributed by atoms with Gasteiger partial charge in [0.2, 0.25) is 0 Å². The molecule has 212 valence electrons. The SMILES string of the molecule is CC1(C)C2=C(CCC=C2)n2c3ccc(-c4ccc5c(c4)c4cccc6c4n5-c4ccccc4C6(C)C)cc3c3cccc1c32. The summed E-state index contributed by atoms with van der Waals surface area (Å²) in [7, 11) is 0. The molecule has 0 atom stereocenters. The van der Waals surface area contributed by atoms with E-state index in [9.17, 15) is 0 Å². The number of benzene rings is 5. The van der Waals surface area contributed by atoms with Crippen molar-refractivity contribution in [1.82, 2.24) is 9.13 Å². The van der Waals surface area contributed by atoms with E-state index in [0.29, 0.717) is 0 Å². The molecular formula is C42H34N2. The van der Waals surface area contributed by atoms with Gasteiger partial charge in [-0.3, -0.25) is 0 Å². The van der Waals surface area contributed by atoms with E-state index in [4.69, 9.17) is 0 Å². The number of fused-ring (bicyclic) bond motifs is 9. The van der Waals surface area contributed by atoms with Crippen LogP contribution in [0.15, 0.2) is 115 Å². The fourth-order valence-electron chi connectivity index (χ4n) is 8.98. The highest BCUT2D eigenvalue weighted by Gasteiger charge is 2.37. The van der Waals surface area contributed by atoms with Crippen molar-refractivity contribution in [1.29, 1.82) is 0 Å². The molecular weight excluding hydrogens is 532 g/mol. The summed E-state index contributed by atoms with van der Waals surface area (Å²) in [4.78, 5) is 0. The van der Waals surface area contributed by atoms with Gasteiger partial charge in [-0.05, 0) is 76.6 Å². The molecule has 0 bridgehead atoms. The van der Waals surface area contributed by atoms with E-state index >= 15 is 0 Å². The summed E-state index contributed by atoms with van der Waals surface area (Å²) in [6, 6.07) is 37.0. The van der Waals surface area contributed by atoms with E-state index in [1.165, 1.54) is 88.4 Å². The van der Waals surface area contributed by atoms with Gasteiger partial charge < -0.3 is 9.13 Å². The molecule has 10 rings (SSSR count). The first-order valence-electron chi connectivity index (χ1n) is 16.0. The highest BCUT2D eigenvalue weighted by Crippen LogP contribution is 2.51. The molecule has 2 aromatic heterocycles. The first kappa shape index (κ1) is 24.6. The Balaban J connectivity index is 1.23. The lowest BCUT2D eigenvalue weighted by molar-refractivity contribution is 0.623. The predicted octanol–water partition coefficient (Wildman–Crippen LogP) is 11.1. The van der Waals surface area contributed by atoms with Crippen molar-refractivity contribution in [3.05, 3.63) is 131 Å². The maximum Gasteiger partial charge on any atom is 0.0582 e. The van der Waals surface area contributed by atoms with Gasteiger partial charge in [0.15, 0.2) is 0 Å². The lowest BCUT2D eigenvalue weighted by Crippen LogP contribution is -2.27. The van der Waals surface area contributed by atoms with Crippen LogP contribution in [0.3, 0.4) is 0 Å². The lowest BCUT2D eigenvalue weighted by atomic mass is 9.72. The quantitative estimate of drug-likeness (QED) is 0.187. The van der Waals surface area contributed by atoms with Crippen LogP contribution in [-0.2, 0) is 10.8 Å². The molecule has 2 aliphatic heterocycles. The Kier molecular flexibility index (Phi) is 4.48. The molecule has 5 aromatic carbocycles. The second-order valence-corrected chi connectivity index (χ2v) is 14.1. The Labute approximate surface area is 257 Å². The van der Waals surface area contributed by atoms with Gasteiger partial charge >= 0.3 is 0 Å². The first-order valence-corrected chi connectivity index (χ1v) is 16.0. The Hall–Kier alpha value is -4.82. The lowest BCUT2D eigenvalue weighted by Gasteiger charge is -2.37. The van der Waals surface area contributed by atoms with E-state index in [1.807, 2.05) is 0 Å². The third-order valence-corrected chi connectivity index (χ3v) is 11.2. The number of para-hydroxylation sites is 3. The van der Waals surface area contributed by atoms with E-state index in [2.05, 4.69) is 146 Å². The fourth-order valence-corrected chi connectivity index (χ4v) is 8.98. The minimum Gasteiger partial charge on any atom is -0.312 e. The van der Waals surface area contributed by atoms with Gasteiger partial charge in [-0.2, -0.15) is 0 Å². The molecule has 0 unspecified atom stereocenters. The summed E-state index contributed by atoms with van der Waals surface area (Å²) in [6.45, 7) is 9.52. The zero-order valence-electron chi connectivity index (χ0n) is 25.7. The van der Waals surface area contributed by atoms with Crippen molar-refractivity contribution < 1.29 is 0 Å². The van der Waals surface area contributed by atoms with Gasteiger partial charge in [0, 0.05) is 38.1 Å². The van der Waals surface area contributed by atoms with Crippen molar-refractivity contribution in [3.63, 3.8) is 0 Å². The standard InChI is InChI=1S/C42H34N2/c1-41(2)31-13-5-7-17-37(31)43-35-21-19-25(23-29(35)27-11-9-15-33(41)39(27)43)26-20-22-36-30(24-26)28-12-10-16-34-40(28)44(36)38-18-8-6-14-32(38)42(34,3)4/h5-7,9-17,19-24H,8,18H2,1-4H3. The molecule has 0 N–H and O–H groups in total.